The molecule has 0 aromatic rings. The standard InChI is InChI=1S/C14H26N2O/c1-3-12-7-8-15-13(10-12)14(17)16-9-5-4-6-11(16)2/h11-13,15H,3-10H2,1-2H3. The Morgan fingerprint density at radius 2 is 2.18 bits per heavy atom. The third-order valence-corrected chi connectivity index (χ3v) is 4.47. The molecule has 2 aliphatic rings. The number of likely N-dealkylation sites (tertiary alicyclic amines) is 1. The third-order valence-electron chi connectivity index (χ3n) is 4.47. The number of rotatable bonds is 2. The number of nitrogens with one attached hydrogen (secondary N) is 1. The minimum absolute atomic E-state index is 0.0919. The van der Waals surface area contributed by atoms with Gasteiger partial charge in [-0.3, -0.25) is 4.79 Å². The quantitative estimate of drug-likeness (QED) is 0.799. The van der Waals surface area contributed by atoms with Gasteiger partial charge in [-0.1, -0.05) is 13.3 Å². The summed E-state index contributed by atoms with van der Waals surface area (Å²) in [7, 11) is 0. The zero-order chi connectivity index (χ0) is 12.3. The second-order valence-corrected chi connectivity index (χ2v) is 5.68. The third kappa shape index (κ3) is 3.01. The zero-order valence-corrected chi connectivity index (χ0v) is 11.2. The topological polar surface area (TPSA) is 32.3 Å². The molecule has 3 atom stereocenters. The fourth-order valence-corrected chi connectivity index (χ4v) is 3.18. The van der Waals surface area contributed by atoms with Crippen LogP contribution < -0.4 is 5.32 Å². The number of carbonyl (C=O) groups is 1. The summed E-state index contributed by atoms with van der Waals surface area (Å²) in [6.45, 7) is 6.41. The lowest BCUT2D eigenvalue weighted by atomic mass is 9.89. The van der Waals surface area contributed by atoms with Crippen LogP contribution in [0, 0.1) is 5.92 Å². The van der Waals surface area contributed by atoms with Gasteiger partial charge in [0.25, 0.3) is 0 Å². The number of hydrogen-bond donors (Lipinski definition) is 1. The van der Waals surface area contributed by atoms with E-state index in [4.69, 9.17) is 0 Å². The van der Waals surface area contributed by atoms with E-state index in [1.165, 1.54) is 32.1 Å². The van der Waals surface area contributed by atoms with Crippen LogP contribution in [0.2, 0.25) is 0 Å². The lowest BCUT2D eigenvalue weighted by Gasteiger charge is -2.38. The van der Waals surface area contributed by atoms with Crippen LogP contribution in [0.3, 0.4) is 0 Å². The maximum absolute atomic E-state index is 12.5. The van der Waals surface area contributed by atoms with Crippen LogP contribution in [-0.4, -0.2) is 36.0 Å². The molecule has 98 valence electrons. The molecule has 0 aliphatic carbocycles. The van der Waals surface area contributed by atoms with Gasteiger partial charge in [0.2, 0.25) is 5.91 Å². The van der Waals surface area contributed by atoms with Gasteiger partial charge in [-0.2, -0.15) is 0 Å². The highest BCUT2D eigenvalue weighted by molar-refractivity contribution is 5.82. The summed E-state index contributed by atoms with van der Waals surface area (Å²) in [5, 5.41) is 3.41. The lowest BCUT2D eigenvalue weighted by molar-refractivity contribution is -0.137. The molecule has 3 unspecified atom stereocenters. The van der Waals surface area contributed by atoms with Crippen molar-refractivity contribution in [2.75, 3.05) is 13.1 Å². The predicted molar refractivity (Wildman–Crippen MR) is 69.8 cm³/mol. The summed E-state index contributed by atoms with van der Waals surface area (Å²) >= 11 is 0. The molecule has 0 radical (unpaired) electrons. The molecule has 17 heavy (non-hydrogen) atoms. The predicted octanol–water partition coefficient (Wildman–Crippen LogP) is 2.17. The first-order valence-electron chi connectivity index (χ1n) is 7.26. The number of carbonyl (C=O) groups excluding carboxylic acids is 1. The molecule has 2 heterocycles. The molecule has 0 saturated carbocycles. The van der Waals surface area contributed by atoms with Crippen LogP contribution in [0.4, 0.5) is 0 Å². The highest BCUT2D eigenvalue weighted by Gasteiger charge is 2.32. The molecule has 0 aromatic heterocycles. The van der Waals surface area contributed by atoms with Gasteiger partial charge >= 0.3 is 0 Å². The minimum atomic E-state index is 0.0919. The molecule has 2 aliphatic heterocycles. The maximum atomic E-state index is 12.5. The molecule has 3 heteroatoms. The molecule has 1 N–H and O–H groups in total. The molecule has 2 fully saturated rings. The average Bonchev–Trinajstić information content (AvgIpc) is 2.38. The highest BCUT2D eigenvalue weighted by Crippen LogP contribution is 2.23. The van der Waals surface area contributed by atoms with E-state index >= 15 is 0 Å². The van der Waals surface area contributed by atoms with E-state index in [0.717, 1.165) is 25.4 Å². The molecule has 3 nitrogen and oxygen atoms in total. The highest BCUT2D eigenvalue weighted by atomic mass is 16.2. The smallest absolute Gasteiger partial charge is 0.239 e. The van der Waals surface area contributed by atoms with Crippen LogP contribution in [-0.2, 0) is 4.79 Å². The molecular formula is C14H26N2O. The van der Waals surface area contributed by atoms with E-state index < -0.39 is 0 Å². The van der Waals surface area contributed by atoms with Gasteiger partial charge < -0.3 is 10.2 Å². The Morgan fingerprint density at radius 1 is 1.35 bits per heavy atom. The summed E-state index contributed by atoms with van der Waals surface area (Å²) in [5.41, 5.74) is 0. The first-order valence-corrected chi connectivity index (χ1v) is 7.26. The number of hydrogen-bond acceptors (Lipinski definition) is 2. The van der Waals surface area contributed by atoms with Crippen molar-refractivity contribution in [3.8, 4) is 0 Å². The van der Waals surface area contributed by atoms with Gasteiger partial charge in [-0.15, -0.1) is 0 Å². The van der Waals surface area contributed by atoms with Crippen molar-refractivity contribution in [2.45, 2.75) is 64.5 Å². The van der Waals surface area contributed by atoms with Gasteiger partial charge in [0.05, 0.1) is 6.04 Å². The molecule has 0 spiro atoms. The molecule has 2 saturated heterocycles. The second-order valence-electron chi connectivity index (χ2n) is 5.68. The summed E-state index contributed by atoms with van der Waals surface area (Å²) in [6, 6.07) is 0.536. The maximum Gasteiger partial charge on any atom is 0.239 e. The lowest BCUT2D eigenvalue weighted by Crippen LogP contribution is -2.53. The van der Waals surface area contributed by atoms with E-state index in [-0.39, 0.29) is 6.04 Å². The fourth-order valence-electron chi connectivity index (χ4n) is 3.18. The molecule has 0 bridgehead atoms. The Balaban J connectivity index is 1.93. The molecule has 1 amide bonds. The van der Waals surface area contributed by atoms with Crippen molar-refractivity contribution in [1.29, 1.82) is 0 Å². The normalized spacial score (nSPS) is 34.7. The first kappa shape index (κ1) is 12.9. The minimum Gasteiger partial charge on any atom is -0.339 e. The summed E-state index contributed by atoms with van der Waals surface area (Å²) < 4.78 is 0. The monoisotopic (exact) mass is 238 g/mol. The van der Waals surface area contributed by atoms with E-state index in [0.29, 0.717) is 11.9 Å². The average molecular weight is 238 g/mol. The van der Waals surface area contributed by atoms with Gasteiger partial charge in [0.15, 0.2) is 0 Å². The van der Waals surface area contributed by atoms with Crippen molar-refractivity contribution in [3.05, 3.63) is 0 Å². The van der Waals surface area contributed by atoms with Crippen molar-refractivity contribution in [3.63, 3.8) is 0 Å². The van der Waals surface area contributed by atoms with E-state index in [2.05, 4.69) is 24.1 Å². The Hall–Kier alpha value is -0.570. The number of amides is 1. The Labute approximate surface area is 105 Å². The van der Waals surface area contributed by atoms with Crippen LogP contribution in [0.25, 0.3) is 0 Å². The van der Waals surface area contributed by atoms with Crippen LogP contribution in [0.1, 0.15) is 52.4 Å². The number of nitrogens with zero attached hydrogens (tertiary/aromatic N) is 1. The van der Waals surface area contributed by atoms with E-state index in [1.54, 1.807) is 0 Å². The Morgan fingerprint density at radius 3 is 2.88 bits per heavy atom. The van der Waals surface area contributed by atoms with Crippen molar-refractivity contribution < 1.29 is 4.79 Å². The van der Waals surface area contributed by atoms with Gasteiger partial charge in [0.1, 0.15) is 0 Å². The fraction of sp³-hybridized carbons (Fsp3) is 0.929. The van der Waals surface area contributed by atoms with Crippen molar-refractivity contribution >= 4 is 5.91 Å². The molecular weight excluding hydrogens is 212 g/mol. The Bertz CT molecular complexity index is 267. The van der Waals surface area contributed by atoms with Crippen molar-refractivity contribution in [1.82, 2.24) is 10.2 Å². The largest absolute Gasteiger partial charge is 0.339 e. The first-order chi connectivity index (χ1) is 8.22. The Kier molecular flexibility index (Phi) is 4.43. The van der Waals surface area contributed by atoms with Gasteiger partial charge in [-0.05, 0) is 51.5 Å². The van der Waals surface area contributed by atoms with Gasteiger partial charge in [0, 0.05) is 12.6 Å². The molecule has 2 rings (SSSR count). The second kappa shape index (κ2) is 5.85. The van der Waals surface area contributed by atoms with Crippen LogP contribution >= 0.6 is 0 Å². The molecule has 0 aromatic carbocycles. The van der Waals surface area contributed by atoms with Gasteiger partial charge in [-0.25, -0.2) is 0 Å². The zero-order valence-electron chi connectivity index (χ0n) is 11.2. The SMILES string of the molecule is CCC1CCNC(C(=O)N2CCCCC2C)C1. The van der Waals surface area contributed by atoms with Crippen molar-refractivity contribution in [2.24, 2.45) is 5.92 Å². The summed E-state index contributed by atoms with van der Waals surface area (Å²) in [4.78, 5) is 14.6. The summed E-state index contributed by atoms with van der Waals surface area (Å²) in [6.07, 6.45) is 7.12. The number of piperidine rings is 2. The van der Waals surface area contributed by atoms with Crippen LogP contribution in [0.15, 0.2) is 0 Å². The van der Waals surface area contributed by atoms with E-state index in [9.17, 15) is 4.79 Å². The van der Waals surface area contributed by atoms with Crippen LogP contribution in [0.5, 0.6) is 0 Å². The summed E-state index contributed by atoms with van der Waals surface area (Å²) in [5.74, 6) is 1.10. The van der Waals surface area contributed by atoms with E-state index in [1.807, 2.05) is 0 Å².